The molecule has 0 spiro atoms. The first-order valence-corrected chi connectivity index (χ1v) is 14.3. The molecule has 2 aromatic carbocycles. The van der Waals surface area contributed by atoms with Crippen LogP contribution in [-0.4, -0.2) is 62.9 Å². The molecule has 1 saturated heterocycles. The van der Waals surface area contributed by atoms with E-state index in [1.807, 2.05) is 18.2 Å². The van der Waals surface area contributed by atoms with Crippen LogP contribution in [0.4, 0.5) is 10.1 Å². The monoisotopic (exact) mass is 584 g/mol. The van der Waals surface area contributed by atoms with Gasteiger partial charge in [-0.25, -0.2) is 4.39 Å². The Morgan fingerprint density at radius 3 is 2.63 bits per heavy atom. The van der Waals surface area contributed by atoms with Crippen molar-refractivity contribution in [3.8, 4) is 0 Å². The average molecular weight is 585 g/mol. The first-order valence-electron chi connectivity index (χ1n) is 14.0. The van der Waals surface area contributed by atoms with Gasteiger partial charge in [-0.05, 0) is 61.8 Å². The van der Waals surface area contributed by atoms with Crippen LogP contribution >= 0.6 is 11.6 Å². The number of aliphatic carboxylic acids is 1. The van der Waals surface area contributed by atoms with E-state index in [0.717, 1.165) is 18.0 Å². The molecule has 0 radical (unpaired) electrons. The molecule has 3 aromatic rings. The van der Waals surface area contributed by atoms with Gasteiger partial charge in [0.15, 0.2) is 5.69 Å². The van der Waals surface area contributed by atoms with Crippen LogP contribution in [0.15, 0.2) is 36.4 Å². The number of carbonyl (C=O) groups excluding carboxylic acids is 2. The zero-order valence-corrected chi connectivity index (χ0v) is 23.9. The van der Waals surface area contributed by atoms with Crippen LogP contribution in [0.2, 0.25) is 5.02 Å². The van der Waals surface area contributed by atoms with E-state index < -0.39 is 17.7 Å². The fourth-order valence-corrected chi connectivity index (χ4v) is 6.22. The highest BCUT2D eigenvalue weighted by Crippen LogP contribution is 2.31. The molecule has 2 aliphatic rings. The number of carboxylic acid groups (broad SMARTS) is 1. The Morgan fingerprint density at radius 1 is 1.17 bits per heavy atom. The van der Waals surface area contributed by atoms with Crippen LogP contribution in [-0.2, 0) is 27.8 Å². The predicted molar refractivity (Wildman–Crippen MR) is 152 cm³/mol. The van der Waals surface area contributed by atoms with Gasteiger partial charge in [-0.15, -0.1) is 0 Å². The van der Waals surface area contributed by atoms with Crippen LogP contribution in [0.3, 0.4) is 0 Å². The lowest BCUT2D eigenvalue weighted by molar-refractivity contribution is -0.144. The number of hydrogen-bond acceptors (Lipinski definition) is 5. The van der Waals surface area contributed by atoms with Crippen molar-refractivity contribution in [1.82, 2.24) is 14.7 Å². The summed E-state index contributed by atoms with van der Waals surface area (Å²) in [5.74, 6) is -2.16. The van der Waals surface area contributed by atoms with Gasteiger partial charge in [-0.2, -0.15) is 5.10 Å². The first kappa shape index (κ1) is 29.0. The van der Waals surface area contributed by atoms with Gasteiger partial charge in [-0.3, -0.25) is 19.1 Å². The van der Waals surface area contributed by atoms with Crippen molar-refractivity contribution in [2.45, 2.75) is 57.6 Å². The zero-order chi connectivity index (χ0) is 29.3. The lowest BCUT2D eigenvalue weighted by Crippen LogP contribution is -2.40. The SMILES string of the molecule is C[C@H]1C[C@@H](CO[C@H]2CC[C@H](C(=O)O)CC2)N(C(=O)Cc2cc(Cl)c(NC(=O)c3nn(C)c4ccccc34)cc2F)C1. The van der Waals surface area contributed by atoms with E-state index in [0.29, 0.717) is 44.2 Å². The Bertz CT molecular complexity index is 1470. The second-order valence-corrected chi connectivity index (χ2v) is 11.6. The highest BCUT2D eigenvalue weighted by atomic mass is 35.5. The third-order valence-electron chi connectivity index (χ3n) is 8.19. The minimum atomic E-state index is -0.755. The molecule has 2 fully saturated rings. The number of nitrogens with zero attached hydrogens (tertiary/aromatic N) is 3. The molecule has 41 heavy (non-hydrogen) atoms. The molecule has 9 nitrogen and oxygen atoms in total. The average Bonchev–Trinajstić information content (AvgIpc) is 3.50. The van der Waals surface area contributed by atoms with E-state index in [-0.39, 0.29) is 58.3 Å². The van der Waals surface area contributed by atoms with Gasteiger partial charge in [0.2, 0.25) is 5.91 Å². The van der Waals surface area contributed by atoms with E-state index >= 15 is 4.39 Å². The highest BCUT2D eigenvalue weighted by Gasteiger charge is 2.35. The van der Waals surface area contributed by atoms with Crippen molar-refractivity contribution in [2.24, 2.45) is 18.9 Å². The zero-order valence-electron chi connectivity index (χ0n) is 23.1. The first-order chi connectivity index (χ1) is 19.6. The summed E-state index contributed by atoms with van der Waals surface area (Å²) in [6.07, 6.45) is 3.18. The molecule has 1 aliphatic heterocycles. The molecule has 5 rings (SSSR count). The lowest BCUT2D eigenvalue weighted by atomic mass is 9.87. The molecule has 0 unspecified atom stereocenters. The summed E-state index contributed by atoms with van der Waals surface area (Å²) in [6, 6.07) is 9.69. The molecule has 1 aliphatic carbocycles. The number of ether oxygens (including phenoxy) is 1. The van der Waals surface area contributed by atoms with Crippen molar-refractivity contribution in [2.75, 3.05) is 18.5 Å². The number of likely N-dealkylation sites (tertiary alicyclic amines) is 1. The molecule has 1 saturated carbocycles. The van der Waals surface area contributed by atoms with Crippen LogP contribution in [0.1, 0.15) is 55.1 Å². The third-order valence-corrected chi connectivity index (χ3v) is 8.50. The Labute approximate surface area is 242 Å². The minimum Gasteiger partial charge on any atom is -0.481 e. The minimum absolute atomic E-state index is 0.0125. The number of para-hydroxylation sites is 1. The van der Waals surface area contributed by atoms with Gasteiger partial charge < -0.3 is 20.1 Å². The maximum absolute atomic E-state index is 15.2. The molecule has 11 heteroatoms. The molecular weight excluding hydrogens is 551 g/mol. The fraction of sp³-hybridized carbons (Fsp3) is 0.467. The second-order valence-electron chi connectivity index (χ2n) is 11.2. The number of aromatic nitrogens is 2. The van der Waals surface area contributed by atoms with Crippen molar-refractivity contribution in [3.63, 3.8) is 0 Å². The molecule has 2 N–H and O–H groups in total. The summed E-state index contributed by atoms with van der Waals surface area (Å²) in [5.41, 5.74) is 1.23. The van der Waals surface area contributed by atoms with Gasteiger partial charge in [0, 0.05) is 19.0 Å². The highest BCUT2D eigenvalue weighted by molar-refractivity contribution is 6.34. The number of carbonyl (C=O) groups is 3. The van der Waals surface area contributed by atoms with Crippen molar-refractivity contribution < 1.29 is 28.6 Å². The number of nitrogens with one attached hydrogen (secondary N) is 1. The van der Waals surface area contributed by atoms with Crippen molar-refractivity contribution >= 4 is 46.0 Å². The van der Waals surface area contributed by atoms with Gasteiger partial charge in [0.1, 0.15) is 5.82 Å². The van der Waals surface area contributed by atoms with E-state index in [1.54, 1.807) is 22.7 Å². The number of fused-ring (bicyclic) bond motifs is 1. The van der Waals surface area contributed by atoms with Crippen LogP contribution in [0.5, 0.6) is 0 Å². The van der Waals surface area contributed by atoms with Gasteiger partial charge in [0.05, 0.1) is 47.3 Å². The molecular formula is C30H34ClFN4O5. The van der Waals surface area contributed by atoms with E-state index in [2.05, 4.69) is 17.3 Å². The lowest BCUT2D eigenvalue weighted by Gasteiger charge is -2.30. The predicted octanol–water partition coefficient (Wildman–Crippen LogP) is 5.06. The van der Waals surface area contributed by atoms with Crippen LogP contribution in [0.25, 0.3) is 10.9 Å². The second kappa shape index (κ2) is 12.2. The van der Waals surface area contributed by atoms with Crippen molar-refractivity contribution in [1.29, 1.82) is 0 Å². The summed E-state index contributed by atoms with van der Waals surface area (Å²) < 4.78 is 22.9. The fourth-order valence-electron chi connectivity index (χ4n) is 5.98. The molecule has 2 atom stereocenters. The van der Waals surface area contributed by atoms with Crippen LogP contribution in [0, 0.1) is 17.7 Å². The summed E-state index contributed by atoms with van der Waals surface area (Å²) >= 11 is 6.43. The summed E-state index contributed by atoms with van der Waals surface area (Å²) in [7, 11) is 1.74. The van der Waals surface area contributed by atoms with Crippen molar-refractivity contribution in [3.05, 3.63) is 58.5 Å². The number of amides is 2. The van der Waals surface area contributed by atoms with E-state index in [9.17, 15) is 19.5 Å². The number of aryl methyl sites for hydroxylation is 1. The Balaban J connectivity index is 1.21. The quantitative estimate of drug-likeness (QED) is 0.383. The van der Waals surface area contributed by atoms with E-state index in [4.69, 9.17) is 16.3 Å². The maximum Gasteiger partial charge on any atom is 0.306 e. The normalized spacial score (nSPS) is 22.7. The Hall–Kier alpha value is -3.50. The Kier molecular flexibility index (Phi) is 8.60. The summed E-state index contributed by atoms with van der Waals surface area (Å²) in [5, 5.41) is 16.9. The van der Waals surface area contributed by atoms with Gasteiger partial charge >= 0.3 is 5.97 Å². The molecule has 2 amide bonds. The number of carboxylic acids is 1. The number of anilines is 1. The molecule has 1 aromatic heterocycles. The molecule has 0 bridgehead atoms. The van der Waals surface area contributed by atoms with E-state index in [1.165, 1.54) is 6.07 Å². The van der Waals surface area contributed by atoms with Crippen LogP contribution < -0.4 is 5.32 Å². The molecule has 2 heterocycles. The smallest absolute Gasteiger partial charge is 0.306 e. The number of hydrogen-bond donors (Lipinski definition) is 2. The number of benzene rings is 2. The molecule has 218 valence electrons. The Morgan fingerprint density at radius 2 is 1.90 bits per heavy atom. The largest absolute Gasteiger partial charge is 0.481 e. The topological polar surface area (TPSA) is 114 Å². The number of rotatable bonds is 8. The van der Waals surface area contributed by atoms with Gasteiger partial charge in [-0.1, -0.05) is 36.7 Å². The summed E-state index contributed by atoms with van der Waals surface area (Å²) in [4.78, 5) is 39.2. The van der Waals surface area contributed by atoms with Gasteiger partial charge in [0.25, 0.3) is 5.91 Å². The standard InChI is InChI=1S/C30H34ClFN4O5/c1-17-11-20(16-41-21-9-7-18(8-10-21)30(39)40)36(15-17)27(37)13-19-12-23(31)25(14-24(19)32)33-29(38)28-22-5-3-4-6-26(22)35(2)34-28/h3-6,12,14,17-18,20-21H,7-11,13,15-16H2,1-2H3,(H,33,38)(H,39,40)/t17-,18-,20-,21-/m0/s1. The summed E-state index contributed by atoms with van der Waals surface area (Å²) in [6.45, 7) is 2.99. The number of halogens is 2. The third kappa shape index (κ3) is 6.38. The maximum atomic E-state index is 15.2.